The van der Waals surface area contributed by atoms with Crippen molar-refractivity contribution < 1.29 is 8.83 Å². The molecule has 4 aromatic heterocycles. The molecule has 8 aromatic carbocycles. The molecule has 5 nitrogen and oxygen atoms in total. The molecule has 0 saturated heterocycles. The zero-order chi connectivity index (χ0) is 36.0. The predicted octanol–water partition coefficient (Wildman–Crippen LogP) is 14.3. The maximum atomic E-state index is 6.52. The zero-order valence-electron chi connectivity index (χ0n) is 29.3. The van der Waals surface area contributed by atoms with Crippen molar-refractivity contribution in [1.82, 2.24) is 9.55 Å². The van der Waals surface area contributed by atoms with Crippen molar-refractivity contribution in [1.29, 1.82) is 0 Å². The highest BCUT2D eigenvalue weighted by Gasteiger charge is 2.25. The summed E-state index contributed by atoms with van der Waals surface area (Å²) in [4.78, 5) is 7.50. The van der Waals surface area contributed by atoms with E-state index in [0.29, 0.717) is 5.89 Å². The molecule has 0 aliphatic heterocycles. The Bertz CT molecular complexity index is 3450. The fourth-order valence-corrected chi connectivity index (χ4v) is 9.59. The molecule has 0 saturated carbocycles. The number of nitrogens with zero attached hydrogens (tertiary/aromatic N) is 3. The Labute approximate surface area is 318 Å². The van der Waals surface area contributed by atoms with Gasteiger partial charge in [-0.1, -0.05) is 91.0 Å². The van der Waals surface area contributed by atoms with Gasteiger partial charge in [-0.2, -0.15) is 0 Å². The van der Waals surface area contributed by atoms with Crippen molar-refractivity contribution in [2.75, 3.05) is 4.90 Å². The quantitative estimate of drug-likeness (QED) is 0.177. The SMILES string of the molecule is c1ccc(-c2nc3c(ccc4oc5ccc(N(c6cccc7sc8ccccc8c67)c6cccc7c8ccccc8n(-c8ccccc8)c67)cc5c43)o2)cc1. The molecule has 12 rings (SSSR count). The molecule has 12 aromatic rings. The van der Waals surface area contributed by atoms with E-state index in [1.807, 2.05) is 53.8 Å². The van der Waals surface area contributed by atoms with Crippen LogP contribution in [0, 0.1) is 0 Å². The van der Waals surface area contributed by atoms with Gasteiger partial charge in [0.1, 0.15) is 16.7 Å². The number of hydrogen-bond acceptors (Lipinski definition) is 5. The number of furan rings is 1. The Balaban J connectivity index is 1.19. The van der Waals surface area contributed by atoms with E-state index in [1.54, 1.807) is 0 Å². The second-order valence-electron chi connectivity index (χ2n) is 13.9. The molecule has 0 aliphatic rings. The summed E-state index contributed by atoms with van der Waals surface area (Å²) in [6.45, 7) is 0. The minimum atomic E-state index is 0.590. The molecule has 0 atom stereocenters. The lowest BCUT2D eigenvalue weighted by atomic mass is 10.1. The molecule has 258 valence electrons. The number of thiophene rings is 1. The Morgan fingerprint density at radius 1 is 0.491 bits per heavy atom. The Morgan fingerprint density at radius 2 is 1.18 bits per heavy atom. The predicted molar refractivity (Wildman–Crippen MR) is 229 cm³/mol. The van der Waals surface area contributed by atoms with Gasteiger partial charge in [0.25, 0.3) is 0 Å². The van der Waals surface area contributed by atoms with Gasteiger partial charge in [0.05, 0.1) is 27.8 Å². The highest BCUT2D eigenvalue weighted by molar-refractivity contribution is 7.26. The summed E-state index contributed by atoms with van der Waals surface area (Å²) >= 11 is 1.83. The number of oxazole rings is 1. The van der Waals surface area contributed by atoms with Gasteiger partial charge in [-0.05, 0) is 84.9 Å². The van der Waals surface area contributed by atoms with Crippen LogP contribution >= 0.6 is 11.3 Å². The topological polar surface area (TPSA) is 47.3 Å². The fourth-order valence-electron chi connectivity index (χ4n) is 8.46. The zero-order valence-corrected chi connectivity index (χ0v) is 30.1. The Morgan fingerprint density at radius 3 is 2.07 bits per heavy atom. The molecule has 0 amide bonds. The normalized spacial score (nSPS) is 12.0. The summed E-state index contributed by atoms with van der Waals surface area (Å²) < 4.78 is 17.8. The van der Waals surface area contributed by atoms with Gasteiger partial charge in [-0.15, -0.1) is 11.3 Å². The third kappa shape index (κ3) is 4.49. The highest BCUT2D eigenvalue weighted by atomic mass is 32.1. The van der Waals surface area contributed by atoms with E-state index < -0.39 is 0 Å². The molecule has 0 fully saturated rings. The number of anilines is 3. The first-order valence-corrected chi connectivity index (χ1v) is 19.2. The molecule has 6 heteroatoms. The molecule has 0 aliphatic carbocycles. The van der Waals surface area contributed by atoms with Crippen molar-refractivity contribution in [2.45, 2.75) is 0 Å². The lowest BCUT2D eigenvalue weighted by molar-refractivity contribution is 0.619. The summed E-state index contributed by atoms with van der Waals surface area (Å²) in [6.07, 6.45) is 0. The first-order chi connectivity index (χ1) is 27.3. The van der Waals surface area contributed by atoms with Crippen LogP contribution in [-0.2, 0) is 0 Å². The van der Waals surface area contributed by atoms with E-state index in [0.717, 1.165) is 72.4 Å². The summed E-state index contributed by atoms with van der Waals surface area (Å²) in [5.74, 6) is 0.590. The van der Waals surface area contributed by atoms with E-state index in [2.05, 4.69) is 143 Å². The third-order valence-corrected chi connectivity index (χ3v) is 11.9. The van der Waals surface area contributed by atoms with Crippen LogP contribution in [0.15, 0.2) is 185 Å². The number of hydrogen-bond donors (Lipinski definition) is 0. The largest absolute Gasteiger partial charge is 0.456 e. The van der Waals surface area contributed by atoms with E-state index in [1.165, 1.54) is 30.9 Å². The molecule has 0 bridgehead atoms. The minimum absolute atomic E-state index is 0.590. The molecular weight excluding hydrogens is 695 g/mol. The number of rotatable bonds is 5. The maximum Gasteiger partial charge on any atom is 0.227 e. The molecular formula is C49H29N3O2S. The Hall–Kier alpha value is -7.15. The van der Waals surface area contributed by atoms with Gasteiger partial charge in [0.15, 0.2) is 5.58 Å². The third-order valence-electron chi connectivity index (χ3n) is 10.8. The molecule has 0 spiro atoms. The van der Waals surface area contributed by atoms with E-state index in [4.69, 9.17) is 13.8 Å². The lowest BCUT2D eigenvalue weighted by Gasteiger charge is -2.28. The van der Waals surface area contributed by atoms with Crippen LogP contribution in [0.25, 0.3) is 92.2 Å². The van der Waals surface area contributed by atoms with Gasteiger partial charge < -0.3 is 18.3 Å². The van der Waals surface area contributed by atoms with Crippen LogP contribution in [0.2, 0.25) is 0 Å². The van der Waals surface area contributed by atoms with Crippen LogP contribution in [0.3, 0.4) is 0 Å². The summed E-state index contributed by atoms with van der Waals surface area (Å²) in [7, 11) is 0. The van der Waals surface area contributed by atoms with Crippen LogP contribution in [0.1, 0.15) is 0 Å². The van der Waals surface area contributed by atoms with Crippen molar-refractivity contribution >= 4 is 103 Å². The van der Waals surface area contributed by atoms with E-state index in [9.17, 15) is 0 Å². The van der Waals surface area contributed by atoms with Gasteiger partial charge >= 0.3 is 0 Å². The van der Waals surface area contributed by atoms with Crippen molar-refractivity contribution in [2.24, 2.45) is 0 Å². The van der Waals surface area contributed by atoms with Gasteiger partial charge in [-0.3, -0.25) is 0 Å². The second kappa shape index (κ2) is 11.7. The number of fused-ring (bicyclic) bond motifs is 11. The average Bonchev–Trinajstić information content (AvgIpc) is 4.02. The standard InChI is InChI=1S/C49H29N3O2S/c1-3-13-30(14-4-1)49-50-47-42(54-49)28-27-41-46(47)36-29-32(25-26-40(36)53-41)51(38-21-12-24-44-45(38)35-18-8-10-23-43(35)55-44)39-22-11-19-34-33-17-7-9-20-37(33)52(48(34)39)31-15-5-2-6-16-31/h1-29H. The second-order valence-corrected chi connectivity index (χ2v) is 15.0. The maximum absolute atomic E-state index is 6.52. The molecule has 4 heterocycles. The van der Waals surface area contributed by atoms with Crippen LogP contribution in [0.4, 0.5) is 17.1 Å². The lowest BCUT2D eigenvalue weighted by Crippen LogP contribution is -2.12. The Kier molecular flexibility index (Phi) is 6.44. The van der Waals surface area contributed by atoms with Crippen LogP contribution in [0.5, 0.6) is 0 Å². The van der Waals surface area contributed by atoms with E-state index in [-0.39, 0.29) is 0 Å². The van der Waals surface area contributed by atoms with Crippen LogP contribution < -0.4 is 4.90 Å². The first-order valence-electron chi connectivity index (χ1n) is 18.4. The number of aromatic nitrogens is 2. The number of benzene rings is 8. The monoisotopic (exact) mass is 723 g/mol. The molecule has 55 heavy (non-hydrogen) atoms. The van der Waals surface area contributed by atoms with E-state index >= 15 is 0 Å². The highest BCUT2D eigenvalue weighted by Crippen LogP contribution is 2.49. The first kappa shape index (κ1) is 30.3. The smallest absolute Gasteiger partial charge is 0.227 e. The molecule has 0 N–H and O–H groups in total. The fraction of sp³-hybridized carbons (Fsp3) is 0. The number of para-hydroxylation sites is 3. The van der Waals surface area contributed by atoms with Crippen molar-refractivity contribution in [3.05, 3.63) is 176 Å². The van der Waals surface area contributed by atoms with Crippen molar-refractivity contribution in [3.8, 4) is 17.1 Å². The summed E-state index contributed by atoms with van der Waals surface area (Å²) in [6, 6.07) is 62.0. The average molecular weight is 724 g/mol. The summed E-state index contributed by atoms with van der Waals surface area (Å²) in [5.41, 5.74) is 10.6. The molecule has 0 unspecified atom stereocenters. The minimum Gasteiger partial charge on any atom is -0.456 e. The van der Waals surface area contributed by atoms with Gasteiger partial charge in [-0.25, -0.2) is 4.98 Å². The van der Waals surface area contributed by atoms with Crippen LogP contribution in [-0.4, -0.2) is 9.55 Å². The molecule has 0 radical (unpaired) electrons. The van der Waals surface area contributed by atoms with Crippen molar-refractivity contribution in [3.63, 3.8) is 0 Å². The van der Waals surface area contributed by atoms with Gasteiger partial charge in [0, 0.05) is 53.3 Å². The van der Waals surface area contributed by atoms with Gasteiger partial charge in [0.2, 0.25) is 5.89 Å². The summed E-state index contributed by atoms with van der Waals surface area (Å²) in [5, 5.41) is 6.79.